The first-order valence-corrected chi connectivity index (χ1v) is 8.42. The average molecular weight is 379 g/mol. The second-order valence-corrected chi connectivity index (χ2v) is 6.55. The van der Waals surface area contributed by atoms with Crippen LogP contribution < -0.4 is 5.32 Å². The van der Waals surface area contributed by atoms with Crippen molar-refractivity contribution in [3.8, 4) is 0 Å². The molecule has 3 rings (SSSR count). The maximum Gasteiger partial charge on any atom is 0.349 e. The molecule has 0 aliphatic rings. The van der Waals surface area contributed by atoms with E-state index in [-0.39, 0.29) is 10.0 Å². The van der Waals surface area contributed by atoms with Gasteiger partial charge in [0, 0.05) is 16.3 Å². The smallest absolute Gasteiger partial charge is 0.349 e. The Kier molecular flexibility index (Phi) is 4.96. The number of aromatic nitrogens is 1. The highest BCUT2D eigenvalue weighted by atomic mass is 35.5. The van der Waals surface area contributed by atoms with Gasteiger partial charge in [0.25, 0.3) is 5.91 Å². The Bertz CT molecular complexity index is 974. The zero-order valence-electron chi connectivity index (χ0n) is 13.0. The minimum atomic E-state index is -0.675. The Morgan fingerprint density at radius 1 is 1.32 bits per heavy atom. The van der Waals surface area contributed by atoms with Crippen molar-refractivity contribution in [3.05, 3.63) is 57.9 Å². The highest BCUT2D eigenvalue weighted by Gasteiger charge is 2.20. The number of amides is 1. The van der Waals surface area contributed by atoms with Crippen LogP contribution in [0.5, 0.6) is 0 Å². The summed E-state index contributed by atoms with van der Waals surface area (Å²) in [4.78, 5) is 28.2. The lowest BCUT2D eigenvalue weighted by atomic mass is 10.1. The number of halogens is 2. The number of nitrogens with zero attached hydrogens (tertiary/aromatic N) is 1. The third-order valence-electron chi connectivity index (χ3n) is 3.46. The van der Waals surface area contributed by atoms with E-state index in [2.05, 4.69) is 10.3 Å². The van der Waals surface area contributed by atoms with Crippen LogP contribution in [0.3, 0.4) is 0 Å². The second-order valence-electron chi connectivity index (χ2n) is 5.14. The lowest BCUT2D eigenvalue weighted by molar-refractivity contribution is -0.119. The molecule has 0 atom stereocenters. The number of esters is 1. The molecule has 1 aromatic carbocycles. The van der Waals surface area contributed by atoms with E-state index in [1.165, 1.54) is 12.3 Å². The van der Waals surface area contributed by atoms with Gasteiger partial charge in [-0.05, 0) is 36.8 Å². The molecule has 2 aromatic heterocycles. The van der Waals surface area contributed by atoms with Crippen LogP contribution in [0.25, 0.3) is 10.1 Å². The number of aryl methyl sites for hydroxylation is 1. The molecule has 0 aliphatic carbocycles. The summed E-state index contributed by atoms with van der Waals surface area (Å²) in [6.45, 7) is 1.16. The van der Waals surface area contributed by atoms with Crippen molar-refractivity contribution in [2.24, 2.45) is 0 Å². The fourth-order valence-corrected chi connectivity index (χ4v) is 3.59. The first kappa shape index (κ1) is 17.3. The number of carbonyl (C=O) groups excluding carboxylic acids is 2. The van der Waals surface area contributed by atoms with E-state index in [4.69, 9.17) is 16.3 Å². The molecule has 25 heavy (non-hydrogen) atoms. The number of hydrogen-bond acceptors (Lipinski definition) is 5. The summed E-state index contributed by atoms with van der Waals surface area (Å²) in [5.41, 5.74) is 0.823. The summed E-state index contributed by atoms with van der Waals surface area (Å²) in [6.07, 6.45) is 1.49. The monoisotopic (exact) mass is 378 g/mol. The lowest BCUT2D eigenvalue weighted by Crippen LogP contribution is -2.21. The molecule has 1 amide bonds. The van der Waals surface area contributed by atoms with Gasteiger partial charge in [-0.1, -0.05) is 17.7 Å². The summed E-state index contributed by atoms with van der Waals surface area (Å²) in [5.74, 6) is -1.62. The minimum Gasteiger partial charge on any atom is -0.451 e. The maximum absolute atomic E-state index is 13.9. The highest BCUT2D eigenvalue weighted by Crippen LogP contribution is 2.33. The fraction of sp³-hybridized carbons (Fsp3) is 0.118. The third-order valence-corrected chi connectivity index (χ3v) is 4.99. The summed E-state index contributed by atoms with van der Waals surface area (Å²) in [5, 5.41) is 3.03. The number of carbonyl (C=O) groups is 2. The van der Waals surface area contributed by atoms with Crippen LogP contribution in [0.4, 0.5) is 10.1 Å². The van der Waals surface area contributed by atoms with Gasteiger partial charge in [0.05, 0.1) is 5.69 Å². The molecule has 2 heterocycles. The van der Waals surface area contributed by atoms with Crippen molar-refractivity contribution in [2.75, 3.05) is 11.9 Å². The van der Waals surface area contributed by atoms with E-state index in [1.807, 2.05) is 0 Å². The molecule has 0 unspecified atom stereocenters. The largest absolute Gasteiger partial charge is 0.451 e. The number of fused-ring (bicyclic) bond motifs is 1. The quantitative estimate of drug-likeness (QED) is 0.546. The van der Waals surface area contributed by atoms with Crippen LogP contribution >= 0.6 is 22.9 Å². The molecule has 0 radical (unpaired) electrons. The van der Waals surface area contributed by atoms with Crippen LogP contribution in [0.15, 0.2) is 36.5 Å². The van der Waals surface area contributed by atoms with E-state index >= 15 is 0 Å². The molecule has 128 valence electrons. The summed E-state index contributed by atoms with van der Waals surface area (Å²) in [6, 6.07) is 7.83. The number of nitrogens with one attached hydrogen (secondary N) is 1. The van der Waals surface area contributed by atoms with Crippen molar-refractivity contribution in [1.82, 2.24) is 4.98 Å². The summed E-state index contributed by atoms with van der Waals surface area (Å²) in [7, 11) is 0. The molecule has 0 aliphatic heterocycles. The van der Waals surface area contributed by atoms with Gasteiger partial charge in [0.2, 0.25) is 0 Å². The predicted molar refractivity (Wildman–Crippen MR) is 94.7 cm³/mol. The number of anilines is 1. The Labute approximate surface area is 151 Å². The fourth-order valence-electron chi connectivity index (χ4n) is 2.31. The van der Waals surface area contributed by atoms with Gasteiger partial charge in [-0.25, -0.2) is 14.2 Å². The second kappa shape index (κ2) is 7.16. The van der Waals surface area contributed by atoms with Crippen molar-refractivity contribution in [1.29, 1.82) is 0 Å². The van der Waals surface area contributed by atoms with Crippen molar-refractivity contribution in [2.45, 2.75) is 6.92 Å². The van der Waals surface area contributed by atoms with E-state index in [0.717, 1.165) is 11.3 Å². The van der Waals surface area contributed by atoms with E-state index in [9.17, 15) is 14.0 Å². The van der Waals surface area contributed by atoms with E-state index < -0.39 is 24.3 Å². The van der Waals surface area contributed by atoms with Gasteiger partial charge >= 0.3 is 5.97 Å². The molecule has 5 nitrogen and oxygen atoms in total. The van der Waals surface area contributed by atoms with E-state index in [1.54, 1.807) is 31.2 Å². The third kappa shape index (κ3) is 3.62. The van der Waals surface area contributed by atoms with Gasteiger partial charge in [-0.3, -0.25) is 4.79 Å². The molecule has 0 saturated carbocycles. The standard InChI is InChI=1S/C17H12ClFN2O3S/c1-9-14-10(19)4-2-6-12(14)25-15(9)17(23)24-8-13(22)21-11-5-3-7-20-16(11)18/h2-7H,8H2,1H3,(H,21,22). The Morgan fingerprint density at radius 3 is 2.84 bits per heavy atom. The SMILES string of the molecule is Cc1c(C(=O)OCC(=O)Nc2cccnc2Cl)sc2cccc(F)c12. The van der Waals surface area contributed by atoms with Crippen molar-refractivity contribution < 1.29 is 18.7 Å². The summed E-state index contributed by atoms with van der Waals surface area (Å²) < 4.78 is 19.6. The molecule has 8 heteroatoms. The van der Waals surface area contributed by atoms with Crippen LogP contribution in [-0.2, 0) is 9.53 Å². The Hall–Kier alpha value is -2.51. The molecule has 3 aromatic rings. The zero-order valence-corrected chi connectivity index (χ0v) is 14.6. The average Bonchev–Trinajstić information content (AvgIpc) is 2.93. The number of hydrogen-bond donors (Lipinski definition) is 1. The highest BCUT2D eigenvalue weighted by molar-refractivity contribution is 7.21. The van der Waals surface area contributed by atoms with Gasteiger partial charge in [0.15, 0.2) is 11.8 Å². The van der Waals surface area contributed by atoms with Gasteiger partial charge in [-0.15, -0.1) is 11.3 Å². The Balaban J connectivity index is 1.69. The molecule has 0 spiro atoms. The van der Waals surface area contributed by atoms with Gasteiger partial charge in [0.1, 0.15) is 10.7 Å². The van der Waals surface area contributed by atoms with Gasteiger partial charge in [-0.2, -0.15) is 0 Å². The molecular weight excluding hydrogens is 367 g/mol. The normalized spacial score (nSPS) is 10.7. The molecule has 0 saturated heterocycles. The predicted octanol–water partition coefficient (Wildman–Crippen LogP) is 4.19. The first-order chi connectivity index (χ1) is 12.0. The van der Waals surface area contributed by atoms with Crippen molar-refractivity contribution in [3.63, 3.8) is 0 Å². The van der Waals surface area contributed by atoms with Crippen LogP contribution in [0.2, 0.25) is 5.15 Å². The Morgan fingerprint density at radius 2 is 2.12 bits per heavy atom. The van der Waals surface area contributed by atoms with Crippen LogP contribution in [-0.4, -0.2) is 23.5 Å². The number of rotatable bonds is 4. The number of thiophene rings is 1. The maximum atomic E-state index is 13.9. The van der Waals surface area contributed by atoms with Crippen molar-refractivity contribution >= 4 is 50.6 Å². The van der Waals surface area contributed by atoms with Crippen LogP contribution in [0.1, 0.15) is 15.2 Å². The zero-order chi connectivity index (χ0) is 18.0. The van der Waals surface area contributed by atoms with Gasteiger partial charge < -0.3 is 10.1 Å². The summed E-state index contributed by atoms with van der Waals surface area (Å²) >= 11 is 6.97. The number of ether oxygens (including phenoxy) is 1. The minimum absolute atomic E-state index is 0.137. The molecule has 1 N–H and O–H groups in total. The lowest BCUT2D eigenvalue weighted by Gasteiger charge is -2.07. The topological polar surface area (TPSA) is 68.3 Å². The first-order valence-electron chi connectivity index (χ1n) is 7.22. The van der Waals surface area contributed by atoms with Crippen LogP contribution in [0, 0.1) is 12.7 Å². The molecular formula is C17H12ClFN2O3S. The van der Waals surface area contributed by atoms with E-state index in [0.29, 0.717) is 21.3 Å². The number of pyridine rings is 1. The molecule has 0 bridgehead atoms. The number of benzene rings is 1. The molecule has 0 fully saturated rings.